The van der Waals surface area contributed by atoms with E-state index in [9.17, 15) is 14.7 Å². The monoisotopic (exact) mass is 252 g/mol. The van der Waals surface area contributed by atoms with E-state index >= 15 is 0 Å². The van der Waals surface area contributed by atoms with Crippen LogP contribution in [0.15, 0.2) is 18.3 Å². The Hall–Kier alpha value is -2.15. The van der Waals surface area contributed by atoms with Gasteiger partial charge in [-0.15, -0.1) is 0 Å². The lowest BCUT2D eigenvalue weighted by atomic mass is 10.2. The molecule has 0 aliphatic rings. The second-order valence-corrected chi connectivity index (χ2v) is 3.93. The van der Waals surface area contributed by atoms with E-state index in [0.29, 0.717) is 5.69 Å². The highest BCUT2D eigenvalue weighted by Gasteiger charge is 2.12. The normalized spacial score (nSPS) is 11.7. The molecular weight excluding hydrogens is 236 g/mol. The zero-order chi connectivity index (χ0) is 13.7. The maximum atomic E-state index is 11.7. The number of nitrogens with one attached hydrogen (secondary N) is 1. The largest absolute Gasteiger partial charge is 0.382 e. The number of aromatic nitrogens is 1. The third kappa shape index (κ3) is 3.70. The minimum atomic E-state index is -1.27. The van der Waals surface area contributed by atoms with Gasteiger partial charge >= 0.3 is 0 Å². The second-order valence-electron chi connectivity index (χ2n) is 3.93. The molecule has 18 heavy (non-hydrogen) atoms. The SMILES string of the molecule is CN(C)C(=O)c1cc(NCC(O)C(N)=O)ccn1. The Bertz CT molecular complexity index is 448. The summed E-state index contributed by atoms with van der Waals surface area (Å²) in [6.45, 7) is -0.0189. The molecule has 0 radical (unpaired) electrons. The Balaban J connectivity index is 2.71. The Labute approximate surface area is 105 Å². The number of anilines is 1. The zero-order valence-electron chi connectivity index (χ0n) is 10.3. The number of pyridine rings is 1. The maximum Gasteiger partial charge on any atom is 0.272 e. The van der Waals surface area contributed by atoms with Gasteiger partial charge in [-0.1, -0.05) is 0 Å². The van der Waals surface area contributed by atoms with E-state index in [4.69, 9.17) is 5.73 Å². The van der Waals surface area contributed by atoms with Gasteiger partial charge in [-0.25, -0.2) is 0 Å². The molecular formula is C11H16N4O3. The van der Waals surface area contributed by atoms with Gasteiger partial charge in [0.05, 0.1) is 0 Å². The molecule has 0 saturated heterocycles. The highest BCUT2D eigenvalue weighted by molar-refractivity contribution is 5.92. The average molecular weight is 252 g/mol. The Morgan fingerprint density at radius 3 is 2.78 bits per heavy atom. The van der Waals surface area contributed by atoms with Crippen LogP contribution in [0.25, 0.3) is 0 Å². The van der Waals surface area contributed by atoms with Crippen molar-refractivity contribution in [3.63, 3.8) is 0 Å². The van der Waals surface area contributed by atoms with Gasteiger partial charge in [-0.2, -0.15) is 0 Å². The topological polar surface area (TPSA) is 109 Å². The summed E-state index contributed by atoms with van der Waals surface area (Å²) in [4.78, 5) is 27.6. The summed E-state index contributed by atoms with van der Waals surface area (Å²) < 4.78 is 0. The minimum absolute atomic E-state index is 0.0189. The molecule has 1 heterocycles. The lowest BCUT2D eigenvalue weighted by Crippen LogP contribution is -2.34. The van der Waals surface area contributed by atoms with Crippen LogP contribution in [0.5, 0.6) is 0 Å². The first-order valence-electron chi connectivity index (χ1n) is 5.30. The lowest BCUT2D eigenvalue weighted by molar-refractivity contribution is -0.125. The number of amides is 2. The van der Waals surface area contributed by atoms with Crippen molar-refractivity contribution in [2.75, 3.05) is 26.0 Å². The predicted molar refractivity (Wildman–Crippen MR) is 65.9 cm³/mol. The van der Waals surface area contributed by atoms with Gasteiger partial charge in [0.2, 0.25) is 5.91 Å². The summed E-state index contributed by atoms with van der Waals surface area (Å²) in [5.41, 5.74) is 5.77. The summed E-state index contributed by atoms with van der Waals surface area (Å²) in [5.74, 6) is -1.03. The number of nitrogens with two attached hydrogens (primary N) is 1. The summed E-state index contributed by atoms with van der Waals surface area (Å²) in [6, 6.07) is 3.16. The van der Waals surface area contributed by atoms with Crippen LogP contribution in [0.3, 0.4) is 0 Å². The highest BCUT2D eigenvalue weighted by Crippen LogP contribution is 2.09. The van der Waals surface area contributed by atoms with E-state index in [1.165, 1.54) is 17.2 Å². The van der Waals surface area contributed by atoms with E-state index in [1.807, 2.05) is 0 Å². The molecule has 1 unspecified atom stereocenters. The van der Waals surface area contributed by atoms with Gasteiger partial charge < -0.3 is 21.1 Å². The summed E-state index contributed by atoms with van der Waals surface area (Å²) in [5, 5.41) is 12.0. The first kappa shape index (κ1) is 13.9. The second kappa shape index (κ2) is 5.97. The van der Waals surface area contributed by atoms with Crippen molar-refractivity contribution in [3.8, 4) is 0 Å². The summed E-state index contributed by atoms with van der Waals surface area (Å²) >= 11 is 0. The van der Waals surface area contributed by atoms with Crippen molar-refractivity contribution in [2.45, 2.75) is 6.10 Å². The number of hydrogen-bond acceptors (Lipinski definition) is 5. The van der Waals surface area contributed by atoms with Crippen molar-refractivity contribution < 1.29 is 14.7 Å². The molecule has 0 bridgehead atoms. The molecule has 0 aliphatic carbocycles. The minimum Gasteiger partial charge on any atom is -0.382 e. The van der Waals surface area contributed by atoms with E-state index < -0.39 is 12.0 Å². The molecule has 1 atom stereocenters. The number of rotatable bonds is 5. The van der Waals surface area contributed by atoms with Gasteiger partial charge in [-0.05, 0) is 12.1 Å². The zero-order valence-corrected chi connectivity index (χ0v) is 10.3. The van der Waals surface area contributed by atoms with Gasteiger partial charge in [0.15, 0.2) is 0 Å². The van der Waals surface area contributed by atoms with Crippen molar-refractivity contribution in [2.24, 2.45) is 5.73 Å². The van der Waals surface area contributed by atoms with Gasteiger partial charge in [0.1, 0.15) is 11.8 Å². The number of aliphatic hydroxyl groups excluding tert-OH is 1. The van der Waals surface area contributed by atoms with Crippen LogP contribution in [-0.2, 0) is 4.79 Å². The van der Waals surface area contributed by atoms with Crippen LogP contribution in [-0.4, -0.2) is 53.5 Å². The van der Waals surface area contributed by atoms with E-state index in [1.54, 1.807) is 20.2 Å². The van der Waals surface area contributed by atoms with Crippen molar-refractivity contribution >= 4 is 17.5 Å². The Morgan fingerprint density at radius 1 is 1.56 bits per heavy atom. The molecule has 1 aromatic heterocycles. The molecule has 0 spiro atoms. The quantitative estimate of drug-likeness (QED) is 0.625. The molecule has 7 nitrogen and oxygen atoms in total. The number of primary amides is 1. The van der Waals surface area contributed by atoms with Crippen molar-refractivity contribution in [3.05, 3.63) is 24.0 Å². The molecule has 2 amide bonds. The van der Waals surface area contributed by atoms with Crippen LogP contribution in [0.2, 0.25) is 0 Å². The van der Waals surface area contributed by atoms with Crippen LogP contribution < -0.4 is 11.1 Å². The maximum absolute atomic E-state index is 11.7. The van der Waals surface area contributed by atoms with Crippen molar-refractivity contribution in [1.82, 2.24) is 9.88 Å². The number of hydrogen-bond donors (Lipinski definition) is 3. The molecule has 1 rings (SSSR count). The van der Waals surface area contributed by atoms with E-state index in [2.05, 4.69) is 10.3 Å². The lowest BCUT2D eigenvalue weighted by Gasteiger charge is -2.12. The molecule has 98 valence electrons. The van der Waals surface area contributed by atoms with Crippen molar-refractivity contribution in [1.29, 1.82) is 0 Å². The fourth-order valence-electron chi connectivity index (χ4n) is 1.20. The molecule has 4 N–H and O–H groups in total. The first-order chi connectivity index (χ1) is 8.41. The number of carbonyl (C=O) groups is 2. The molecule has 0 saturated carbocycles. The number of nitrogens with zero attached hydrogens (tertiary/aromatic N) is 2. The molecule has 0 aromatic carbocycles. The van der Waals surface area contributed by atoms with E-state index in [0.717, 1.165) is 0 Å². The molecule has 0 aliphatic heterocycles. The number of carbonyl (C=O) groups excluding carboxylic acids is 2. The van der Waals surface area contributed by atoms with Crippen LogP contribution in [0, 0.1) is 0 Å². The number of aliphatic hydroxyl groups is 1. The Morgan fingerprint density at radius 2 is 2.22 bits per heavy atom. The van der Waals surface area contributed by atoms with Gasteiger partial charge in [0.25, 0.3) is 5.91 Å². The smallest absolute Gasteiger partial charge is 0.272 e. The molecule has 1 aromatic rings. The van der Waals surface area contributed by atoms with Gasteiger partial charge in [-0.3, -0.25) is 14.6 Å². The summed E-state index contributed by atoms with van der Waals surface area (Å²) in [6.07, 6.45) is 0.196. The first-order valence-corrected chi connectivity index (χ1v) is 5.30. The average Bonchev–Trinajstić information content (AvgIpc) is 2.35. The Kier molecular flexibility index (Phi) is 4.61. The van der Waals surface area contributed by atoms with Crippen LogP contribution in [0.4, 0.5) is 5.69 Å². The fraction of sp³-hybridized carbons (Fsp3) is 0.364. The molecule has 0 fully saturated rings. The van der Waals surface area contributed by atoms with Gasteiger partial charge in [0, 0.05) is 32.5 Å². The van der Waals surface area contributed by atoms with Crippen LogP contribution >= 0.6 is 0 Å². The van der Waals surface area contributed by atoms with E-state index in [-0.39, 0.29) is 18.1 Å². The van der Waals surface area contributed by atoms with Crippen LogP contribution in [0.1, 0.15) is 10.5 Å². The third-order valence-corrected chi connectivity index (χ3v) is 2.21. The summed E-state index contributed by atoms with van der Waals surface area (Å²) in [7, 11) is 3.25. The standard InChI is InChI=1S/C11H16N4O3/c1-15(2)11(18)8-5-7(3-4-13-8)14-6-9(16)10(12)17/h3-5,9,16H,6H2,1-2H3,(H2,12,17)(H,13,14). The molecule has 7 heteroatoms. The third-order valence-electron chi connectivity index (χ3n) is 2.21. The fourth-order valence-corrected chi connectivity index (χ4v) is 1.20. The highest BCUT2D eigenvalue weighted by atomic mass is 16.3. The predicted octanol–water partition coefficient (Wildman–Crippen LogP) is -0.958.